The van der Waals surface area contributed by atoms with Gasteiger partial charge >= 0.3 is 12.1 Å². The van der Waals surface area contributed by atoms with Gasteiger partial charge in [-0.05, 0) is 24.3 Å². The van der Waals surface area contributed by atoms with Crippen LogP contribution >= 0.6 is 0 Å². The third-order valence-corrected chi connectivity index (χ3v) is 2.95. The molecule has 3 nitrogen and oxygen atoms in total. The third kappa shape index (κ3) is 1.48. The summed E-state index contributed by atoms with van der Waals surface area (Å²) in [4.78, 5) is 13.1. The topological polar surface area (TPSA) is 53.1 Å². The molecule has 16 heavy (non-hydrogen) atoms. The first kappa shape index (κ1) is 11.0. The number of aromatic nitrogens is 1. The summed E-state index contributed by atoms with van der Waals surface area (Å²) >= 11 is 0. The average Bonchev–Trinajstić information content (AvgIpc) is 2.64. The van der Waals surface area contributed by atoms with Crippen LogP contribution in [-0.2, 0) is 12.6 Å². The number of nitrogens with one attached hydrogen (secondary N) is 1. The Morgan fingerprint density at radius 2 is 2.12 bits per heavy atom. The van der Waals surface area contributed by atoms with Gasteiger partial charge < -0.3 is 10.1 Å². The monoisotopic (exact) mass is 233 g/mol. The van der Waals surface area contributed by atoms with Gasteiger partial charge in [0, 0.05) is 5.69 Å². The maximum absolute atomic E-state index is 12.7. The van der Waals surface area contributed by atoms with Gasteiger partial charge in [-0.1, -0.05) is 6.92 Å². The van der Waals surface area contributed by atoms with E-state index in [-0.39, 0.29) is 17.9 Å². The summed E-state index contributed by atoms with van der Waals surface area (Å²) < 4.78 is 38.2. The molecule has 2 N–H and O–H groups in total. The Kier molecular flexibility index (Phi) is 2.25. The van der Waals surface area contributed by atoms with Crippen LogP contribution < -0.4 is 0 Å². The molecule has 2 rings (SSSR count). The van der Waals surface area contributed by atoms with E-state index in [9.17, 15) is 18.0 Å². The maximum Gasteiger partial charge on any atom is 0.419 e. The highest BCUT2D eigenvalue weighted by Crippen LogP contribution is 2.43. The Hall–Kier alpha value is -1.46. The van der Waals surface area contributed by atoms with Crippen LogP contribution in [0.3, 0.4) is 0 Å². The highest BCUT2D eigenvalue weighted by Gasteiger charge is 2.43. The van der Waals surface area contributed by atoms with Crippen LogP contribution in [0.1, 0.15) is 46.6 Å². The number of carbonyl (C=O) groups is 1. The van der Waals surface area contributed by atoms with Crippen LogP contribution in [0.5, 0.6) is 0 Å². The standard InChI is InChI=1S/C10H10F3NO2/c1-4-2-3-5-6(10(11,12)13)8(9(15)16)14-7(4)5/h4,14H,2-3H2,1H3,(H,15,16)/t4-/m1/s1. The number of hydrogen-bond acceptors (Lipinski definition) is 1. The molecule has 1 atom stereocenters. The molecule has 0 spiro atoms. The first-order valence-electron chi connectivity index (χ1n) is 4.87. The summed E-state index contributed by atoms with van der Waals surface area (Å²) in [6.45, 7) is 1.79. The summed E-state index contributed by atoms with van der Waals surface area (Å²) in [6, 6.07) is 0. The zero-order chi connectivity index (χ0) is 12.1. The second-order valence-electron chi connectivity index (χ2n) is 4.01. The largest absolute Gasteiger partial charge is 0.477 e. The lowest BCUT2D eigenvalue weighted by Crippen LogP contribution is -2.13. The van der Waals surface area contributed by atoms with Crippen LogP contribution in [0.2, 0.25) is 0 Å². The molecule has 88 valence electrons. The first-order valence-corrected chi connectivity index (χ1v) is 4.87. The van der Waals surface area contributed by atoms with Crippen LogP contribution in [0, 0.1) is 0 Å². The molecular weight excluding hydrogens is 223 g/mol. The fourth-order valence-corrected chi connectivity index (χ4v) is 2.22. The van der Waals surface area contributed by atoms with Crippen molar-refractivity contribution in [2.45, 2.75) is 31.9 Å². The molecule has 1 aliphatic rings. The van der Waals surface area contributed by atoms with Crippen molar-refractivity contribution >= 4 is 5.97 Å². The number of aromatic amines is 1. The van der Waals surface area contributed by atoms with Crippen molar-refractivity contribution in [2.24, 2.45) is 0 Å². The van der Waals surface area contributed by atoms with Gasteiger partial charge in [0.1, 0.15) is 5.69 Å². The summed E-state index contributed by atoms with van der Waals surface area (Å²) in [6.07, 6.45) is -3.69. The lowest BCUT2D eigenvalue weighted by Gasteiger charge is -2.07. The van der Waals surface area contributed by atoms with E-state index in [2.05, 4.69) is 4.98 Å². The maximum atomic E-state index is 12.7. The summed E-state index contributed by atoms with van der Waals surface area (Å²) in [7, 11) is 0. The lowest BCUT2D eigenvalue weighted by molar-refractivity contribution is -0.138. The number of carboxylic acid groups (broad SMARTS) is 1. The normalized spacial score (nSPS) is 19.9. The molecule has 0 aromatic carbocycles. The van der Waals surface area contributed by atoms with E-state index in [4.69, 9.17) is 5.11 Å². The van der Waals surface area contributed by atoms with E-state index in [0.29, 0.717) is 12.1 Å². The first-order chi connectivity index (χ1) is 7.32. The molecule has 1 heterocycles. The highest BCUT2D eigenvalue weighted by molar-refractivity contribution is 5.88. The smallest absolute Gasteiger partial charge is 0.419 e. The van der Waals surface area contributed by atoms with Crippen LogP contribution in [0.4, 0.5) is 13.2 Å². The molecular formula is C10H10F3NO2. The molecule has 0 radical (unpaired) electrons. The molecule has 0 aliphatic heterocycles. The number of H-pyrrole nitrogens is 1. The minimum absolute atomic E-state index is 0.0378. The Morgan fingerprint density at radius 1 is 1.50 bits per heavy atom. The van der Waals surface area contributed by atoms with Gasteiger partial charge in [0.25, 0.3) is 0 Å². The van der Waals surface area contributed by atoms with E-state index in [1.54, 1.807) is 6.92 Å². The molecule has 0 fully saturated rings. The number of alkyl halides is 3. The minimum Gasteiger partial charge on any atom is -0.477 e. The van der Waals surface area contributed by atoms with Gasteiger partial charge in [-0.15, -0.1) is 0 Å². The number of fused-ring (bicyclic) bond motifs is 1. The molecule has 6 heteroatoms. The molecule has 0 saturated carbocycles. The van der Waals surface area contributed by atoms with E-state index in [1.807, 2.05) is 0 Å². The fourth-order valence-electron chi connectivity index (χ4n) is 2.22. The summed E-state index contributed by atoms with van der Waals surface area (Å²) in [5, 5.41) is 8.74. The number of carboxylic acids is 1. The second-order valence-corrected chi connectivity index (χ2v) is 4.01. The zero-order valence-electron chi connectivity index (χ0n) is 8.48. The number of hydrogen-bond donors (Lipinski definition) is 2. The van der Waals surface area contributed by atoms with Crippen molar-refractivity contribution in [3.63, 3.8) is 0 Å². The van der Waals surface area contributed by atoms with Crippen LogP contribution in [0.25, 0.3) is 0 Å². The Labute approximate surface area is 89.3 Å². The van der Waals surface area contributed by atoms with Crippen molar-refractivity contribution < 1.29 is 23.1 Å². The Bertz CT molecular complexity index is 448. The number of aromatic carboxylic acids is 1. The fraction of sp³-hybridized carbons (Fsp3) is 0.500. The van der Waals surface area contributed by atoms with Crippen LogP contribution in [-0.4, -0.2) is 16.1 Å². The summed E-state index contributed by atoms with van der Waals surface area (Å²) in [5.41, 5.74) is -1.19. The van der Waals surface area contributed by atoms with E-state index in [0.717, 1.165) is 0 Å². The van der Waals surface area contributed by atoms with Gasteiger partial charge in [0.15, 0.2) is 0 Å². The predicted octanol–water partition coefficient (Wildman–Crippen LogP) is 2.78. The van der Waals surface area contributed by atoms with Crippen molar-refractivity contribution in [1.29, 1.82) is 0 Å². The van der Waals surface area contributed by atoms with Crippen LogP contribution in [0.15, 0.2) is 0 Å². The van der Waals surface area contributed by atoms with Crippen molar-refractivity contribution in [2.75, 3.05) is 0 Å². The molecule has 0 unspecified atom stereocenters. The lowest BCUT2D eigenvalue weighted by atomic mass is 10.1. The molecule has 1 aromatic rings. The molecule has 1 aromatic heterocycles. The molecule has 0 saturated heterocycles. The molecule has 1 aliphatic carbocycles. The average molecular weight is 233 g/mol. The van der Waals surface area contributed by atoms with Crippen molar-refractivity contribution in [3.8, 4) is 0 Å². The van der Waals surface area contributed by atoms with Gasteiger partial charge in [-0.25, -0.2) is 4.79 Å². The van der Waals surface area contributed by atoms with Crippen molar-refractivity contribution in [1.82, 2.24) is 4.98 Å². The minimum atomic E-state index is -4.61. The predicted molar refractivity (Wildman–Crippen MR) is 49.5 cm³/mol. The second kappa shape index (κ2) is 3.26. The highest BCUT2D eigenvalue weighted by atomic mass is 19.4. The zero-order valence-corrected chi connectivity index (χ0v) is 8.48. The van der Waals surface area contributed by atoms with Gasteiger partial charge in [-0.3, -0.25) is 0 Å². The third-order valence-electron chi connectivity index (χ3n) is 2.95. The van der Waals surface area contributed by atoms with Gasteiger partial charge in [0.2, 0.25) is 0 Å². The summed E-state index contributed by atoms with van der Waals surface area (Å²) in [5.74, 6) is -1.60. The van der Waals surface area contributed by atoms with E-state index < -0.39 is 23.4 Å². The van der Waals surface area contributed by atoms with Gasteiger partial charge in [0.05, 0.1) is 5.56 Å². The number of rotatable bonds is 1. The quantitative estimate of drug-likeness (QED) is 0.783. The Morgan fingerprint density at radius 3 is 2.62 bits per heavy atom. The molecule has 0 amide bonds. The number of halogens is 3. The van der Waals surface area contributed by atoms with E-state index >= 15 is 0 Å². The van der Waals surface area contributed by atoms with E-state index in [1.165, 1.54) is 0 Å². The SMILES string of the molecule is C[C@@H]1CCc2c1[nH]c(C(=O)O)c2C(F)(F)F. The molecule has 0 bridgehead atoms. The van der Waals surface area contributed by atoms with Gasteiger partial charge in [-0.2, -0.15) is 13.2 Å². The van der Waals surface area contributed by atoms with Crippen molar-refractivity contribution in [3.05, 3.63) is 22.5 Å². The Balaban J connectivity index is 2.65.